The highest BCUT2D eigenvalue weighted by Gasteiger charge is 2.24. The van der Waals surface area contributed by atoms with Gasteiger partial charge in [0.15, 0.2) is 0 Å². The molecule has 5 nitrogen and oxygen atoms in total. The number of carbonyl (C=O) groups excluding carboxylic acids is 2. The highest BCUT2D eigenvalue weighted by atomic mass is 35.5. The Balaban J connectivity index is 0.00000261. The fourth-order valence-corrected chi connectivity index (χ4v) is 3.10. The lowest BCUT2D eigenvalue weighted by molar-refractivity contribution is -0.132. The number of rotatable bonds is 4. The third-order valence-corrected chi connectivity index (χ3v) is 4.67. The average Bonchev–Trinajstić information content (AvgIpc) is 2.67. The molecule has 0 aromatic heterocycles. The van der Waals surface area contributed by atoms with Gasteiger partial charge in [0.1, 0.15) is 5.82 Å². The zero-order valence-corrected chi connectivity index (χ0v) is 15.8. The molecule has 2 aromatic carbocycles. The number of nitrogen functional groups attached to an aromatic ring is 1. The Morgan fingerprint density at radius 3 is 2.15 bits per heavy atom. The Morgan fingerprint density at radius 1 is 0.926 bits per heavy atom. The van der Waals surface area contributed by atoms with E-state index in [1.165, 1.54) is 24.3 Å². The van der Waals surface area contributed by atoms with Gasteiger partial charge in [-0.1, -0.05) is 18.2 Å². The van der Waals surface area contributed by atoms with Crippen LogP contribution in [0.1, 0.15) is 22.3 Å². The molecule has 2 aromatic rings. The minimum atomic E-state index is -0.365. The largest absolute Gasteiger partial charge is 0.399 e. The third kappa shape index (κ3) is 5.20. The summed E-state index contributed by atoms with van der Waals surface area (Å²) in [6.45, 7) is 1.98. The SMILES string of the molecule is Cl.Nc1ccccc1CCC(=O)N1CCN(C(=O)c2ccc(F)cc2)CC1. The molecular formula is C20H23ClFN3O2. The highest BCUT2D eigenvalue weighted by Crippen LogP contribution is 2.15. The van der Waals surface area contributed by atoms with Crippen LogP contribution in [0.3, 0.4) is 0 Å². The zero-order chi connectivity index (χ0) is 18.5. The number of carbonyl (C=O) groups is 2. The molecule has 1 heterocycles. The Kier molecular flexibility index (Phi) is 7.19. The van der Waals surface area contributed by atoms with E-state index in [9.17, 15) is 14.0 Å². The molecule has 0 aliphatic carbocycles. The van der Waals surface area contributed by atoms with E-state index in [2.05, 4.69) is 0 Å². The van der Waals surface area contributed by atoms with Crippen LogP contribution in [0.5, 0.6) is 0 Å². The summed E-state index contributed by atoms with van der Waals surface area (Å²) in [5.74, 6) is -0.424. The van der Waals surface area contributed by atoms with Gasteiger partial charge in [-0.05, 0) is 42.3 Å². The van der Waals surface area contributed by atoms with E-state index in [-0.39, 0.29) is 30.0 Å². The Labute approximate surface area is 164 Å². The van der Waals surface area contributed by atoms with Gasteiger partial charge in [-0.2, -0.15) is 0 Å². The second kappa shape index (κ2) is 9.37. The Bertz CT molecular complexity index is 790. The topological polar surface area (TPSA) is 66.6 Å². The van der Waals surface area contributed by atoms with Crippen molar-refractivity contribution in [3.05, 3.63) is 65.5 Å². The number of anilines is 1. The molecule has 1 aliphatic rings. The minimum Gasteiger partial charge on any atom is -0.399 e. The summed E-state index contributed by atoms with van der Waals surface area (Å²) >= 11 is 0. The van der Waals surface area contributed by atoms with Crippen LogP contribution < -0.4 is 5.73 Å². The summed E-state index contributed by atoms with van der Waals surface area (Å²) in [7, 11) is 0. The first kappa shape index (κ1) is 20.7. The summed E-state index contributed by atoms with van der Waals surface area (Å²) in [5.41, 5.74) is 8.05. The standard InChI is InChI=1S/C20H22FN3O2.ClH/c21-17-8-5-16(6-9-17)20(26)24-13-11-23(12-14-24)19(25)10-7-15-3-1-2-4-18(15)22;/h1-6,8-9H,7,10-14,22H2;1H. The van der Waals surface area contributed by atoms with Crippen LogP contribution in [-0.2, 0) is 11.2 Å². The molecule has 3 rings (SSSR count). The highest BCUT2D eigenvalue weighted by molar-refractivity contribution is 5.94. The molecule has 0 saturated carbocycles. The van der Waals surface area contributed by atoms with Crippen LogP contribution in [-0.4, -0.2) is 47.8 Å². The van der Waals surface area contributed by atoms with Crippen molar-refractivity contribution >= 4 is 29.9 Å². The van der Waals surface area contributed by atoms with Crippen molar-refractivity contribution in [2.24, 2.45) is 0 Å². The first-order valence-electron chi connectivity index (χ1n) is 8.70. The van der Waals surface area contributed by atoms with Crippen LogP contribution in [0.15, 0.2) is 48.5 Å². The van der Waals surface area contributed by atoms with E-state index in [1.807, 2.05) is 24.3 Å². The van der Waals surface area contributed by atoms with Gasteiger partial charge in [-0.25, -0.2) is 4.39 Å². The molecule has 2 N–H and O–H groups in total. The summed E-state index contributed by atoms with van der Waals surface area (Å²) in [4.78, 5) is 28.3. The fourth-order valence-electron chi connectivity index (χ4n) is 3.10. The molecule has 2 amide bonds. The van der Waals surface area contributed by atoms with Gasteiger partial charge in [0.2, 0.25) is 5.91 Å². The molecular weight excluding hydrogens is 369 g/mol. The van der Waals surface area contributed by atoms with Crippen molar-refractivity contribution in [3.8, 4) is 0 Å². The number of aryl methyl sites for hydroxylation is 1. The van der Waals surface area contributed by atoms with E-state index in [4.69, 9.17) is 5.73 Å². The number of piperazine rings is 1. The smallest absolute Gasteiger partial charge is 0.253 e. The molecule has 7 heteroatoms. The first-order valence-corrected chi connectivity index (χ1v) is 8.70. The number of amides is 2. The van der Waals surface area contributed by atoms with Crippen molar-refractivity contribution in [3.63, 3.8) is 0 Å². The lowest BCUT2D eigenvalue weighted by Gasteiger charge is -2.35. The van der Waals surface area contributed by atoms with E-state index in [0.29, 0.717) is 50.3 Å². The molecule has 1 fully saturated rings. The molecule has 0 unspecified atom stereocenters. The maximum Gasteiger partial charge on any atom is 0.253 e. The predicted octanol–water partition coefficient (Wildman–Crippen LogP) is 2.75. The Hall–Kier alpha value is -2.60. The summed E-state index contributed by atoms with van der Waals surface area (Å²) in [5, 5.41) is 0. The van der Waals surface area contributed by atoms with Crippen LogP contribution in [0.4, 0.5) is 10.1 Å². The van der Waals surface area contributed by atoms with Gasteiger partial charge in [0, 0.05) is 43.9 Å². The number of halogens is 2. The number of hydrogen-bond donors (Lipinski definition) is 1. The van der Waals surface area contributed by atoms with E-state index in [1.54, 1.807) is 9.80 Å². The van der Waals surface area contributed by atoms with Crippen molar-refractivity contribution in [1.82, 2.24) is 9.80 Å². The van der Waals surface area contributed by atoms with Crippen molar-refractivity contribution in [1.29, 1.82) is 0 Å². The second-order valence-electron chi connectivity index (χ2n) is 6.38. The van der Waals surface area contributed by atoms with E-state index in [0.717, 1.165) is 5.56 Å². The van der Waals surface area contributed by atoms with Gasteiger partial charge < -0.3 is 15.5 Å². The van der Waals surface area contributed by atoms with E-state index >= 15 is 0 Å². The number of hydrogen-bond acceptors (Lipinski definition) is 3. The van der Waals surface area contributed by atoms with Gasteiger partial charge in [0.25, 0.3) is 5.91 Å². The molecule has 0 bridgehead atoms. The lowest BCUT2D eigenvalue weighted by atomic mass is 10.1. The van der Waals surface area contributed by atoms with Gasteiger partial charge in [-0.3, -0.25) is 9.59 Å². The fraction of sp³-hybridized carbons (Fsp3) is 0.300. The second-order valence-corrected chi connectivity index (χ2v) is 6.38. The van der Waals surface area contributed by atoms with Gasteiger partial charge in [0.05, 0.1) is 0 Å². The third-order valence-electron chi connectivity index (χ3n) is 4.67. The normalized spacial score (nSPS) is 13.8. The van der Waals surface area contributed by atoms with Crippen LogP contribution in [0.25, 0.3) is 0 Å². The van der Waals surface area contributed by atoms with Crippen molar-refractivity contribution in [2.75, 3.05) is 31.9 Å². The van der Waals surface area contributed by atoms with Crippen LogP contribution in [0, 0.1) is 5.82 Å². The van der Waals surface area contributed by atoms with Gasteiger partial charge in [-0.15, -0.1) is 12.4 Å². The Morgan fingerprint density at radius 2 is 1.52 bits per heavy atom. The first-order chi connectivity index (χ1) is 12.5. The number of nitrogens with zero attached hydrogens (tertiary/aromatic N) is 2. The quantitative estimate of drug-likeness (QED) is 0.815. The molecule has 0 radical (unpaired) electrons. The average molecular weight is 392 g/mol. The monoisotopic (exact) mass is 391 g/mol. The molecule has 144 valence electrons. The summed E-state index contributed by atoms with van der Waals surface area (Å²) in [6, 6.07) is 13.1. The predicted molar refractivity (Wildman–Crippen MR) is 105 cm³/mol. The molecule has 1 aliphatic heterocycles. The maximum atomic E-state index is 13.0. The lowest BCUT2D eigenvalue weighted by Crippen LogP contribution is -2.50. The summed E-state index contributed by atoms with van der Waals surface area (Å²) < 4.78 is 13.0. The minimum absolute atomic E-state index is 0. The van der Waals surface area contributed by atoms with E-state index < -0.39 is 0 Å². The van der Waals surface area contributed by atoms with Crippen molar-refractivity contribution in [2.45, 2.75) is 12.8 Å². The van der Waals surface area contributed by atoms with Gasteiger partial charge >= 0.3 is 0 Å². The zero-order valence-electron chi connectivity index (χ0n) is 14.9. The molecule has 1 saturated heterocycles. The molecule has 27 heavy (non-hydrogen) atoms. The number of benzene rings is 2. The molecule has 0 atom stereocenters. The number of para-hydroxylation sites is 1. The van der Waals surface area contributed by atoms with Crippen LogP contribution >= 0.6 is 12.4 Å². The summed E-state index contributed by atoms with van der Waals surface area (Å²) in [6.07, 6.45) is 1.01. The number of nitrogens with two attached hydrogens (primary N) is 1. The van der Waals surface area contributed by atoms with Crippen molar-refractivity contribution < 1.29 is 14.0 Å². The molecule has 0 spiro atoms. The van der Waals surface area contributed by atoms with Crippen LogP contribution in [0.2, 0.25) is 0 Å². The maximum absolute atomic E-state index is 13.0.